The third-order valence-electron chi connectivity index (χ3n) is 5.55. The molecule has 156 valence electrons. The zero-order valence-electron chi connectivity index (χ0n) is 18.0. The number of carbonyl (C=O) groups excluding carboxylic acids is 2. The molecule has 0 fully saturated rings. The van der Waals surface area contributed by atoms with Crippen LogP contribution in [-0.4, -0.2) is 40.2 Å². The van der Waals surface area contributed by atoms with E-state index in [9.17, 15) is 9.59 Å². The molecule has 0 saturated heterocycles. The average molecular weight is 413 g/mol. The van der Waals surface area contributed by atoms with Crippen LogP contribution < -0.4 is 0 Å². The summed E-state index contributed by atoms with van der Waals surface area (Å²) in [7, 11) is 0. The molecule has 4 nitrogen and oxygen atoms in total. The Morgan fingerprint density at radius 1 is 1.17 bits per heavy atom. The van der Waals surface area contributed by atoms with E-state index in [1.807, 2.05) is 43.9 Å². The molecule has 1 aromatic carbocycles. The quantitative estimate of drug-likeness (QED) is 0.667. The number of hydrogen-bond acceptors (Lipinski definition) is 3. The zero-order valence-corrected chi connectivity index (χ0v) is 18.8. The van der Waals surface area contributed by atoms with Gasteiger partial charge in [-0.05, 0) is 56.2 Å². The van der Waals surface area contributed by atoms with Gasteiger partial charge < -0.3 is 9.80 Å². The molecule has 0 spiro atoms. The van der Waals surface area contributed by atoms with E-state index in [2.05, 4.69) is 30.5 Å². The fraction of sp³-hybridized carbons (Fsp3) is 0.500. The van der Waals surface area contributed by atoms with Crippen LogP contribution in [0.5, 0.6) is 0 Å². The number of carbonyl (C=O) groups is 2. The summed E-state index contributed by atoms with van der Waals surface area (Å²) >= 11 is 1.77. The van der Waals surface area contributed by atoms with Crippen LogP contribution in [0.15, 0.2) is 41.8 Å². The first kappa shape index (κ1) is 21.6. The number of thiophene rings is 1. The predicted molar refractivity (Wildman–Crippen MR) is 119 cm³/mol. The maximum absolute atomic E-state index is 13.5. The van der Waals surface area contributed by atoms with Gasteiger partial charge in [-0.1, -0.05) is 43.7 Å². The third kappa shape index (κ3) is 4.89. The maximum atomic E-state index is 13.5. The van der Waals surface area contributed by atoms with E-state index in [0.717, 1.165) is 24.8 Å². The largest absolute Gasteiger partial charge is 0.330 e. The SMILES string of the molecule is CCCCC(=O)N(CC(=O)N1CCc2sccc2[C@@H]1c1ccccc1)C(C)(C)C. The van der Waals surface area contributed by atoms with Crippen LogP contribution in [0.25, 0.3) is 0 Å². The first-order valence-corrected chi connectivity index (χ1v) is 11.4. The topological polar surface area (TPSA) is 40.6 Å². The van der Waals surface area contributed by atoms with Crippen molar-refractivity contribution in [3.8, 4) is 0 Å². The highest BCUT2D eigenvalue weighted by molar-refractivity contribution is 7.10. The van der Waals surface area contributed by atoms with Gasteiger partial charge in [0.25, 0.3) is 0 Å². The molecule has 2 aromatic rings. The maximum Gasteiger partial charge on any atom is 0.243 e. The minimum atomic E-state index is -0.383. The molecular weight excluding hydrogens is 380 g/mol. The second kappa shape index (κ2) is 9.12. The number of benzene rings is 1. The smallest absolute Gasteiger partial charge is 0.243 e. The summed E-state index contributed by atoms with van der Waals surface area (Å²) in [4.78, 5) is 31.4. The van der Waals surface area contributed by atoms with Crippen molar-refractivity contribution in [1.82, 2.24) is 9.80 Å². The Bertz CT molecular complexity index is 838. The van der Waals surface area contributed by atoms with Gasteiger partial charge in [0.15, 0.2) is 0 Å². The van der Waals surface area contributed by atoms with Crippen LogP contribution in [0.1, 0.15) is 69.0 Å². The number of nitrogens with zero attached hydrogens (tertiary/aromatic N) is 2. The lowest BCUT2D eigenvalue weighted by atomic mass is 9.93. The Morgan fingerprint density at radius 2 is 1.90 bits per heavy atom. The van der Waals surface area contributed by atoms with Crippen molar-refractivity contribution in [3.05, 3.63) is 57.8 Å². The summed E-state index contributed by atoms with van der Waals surface area (Å²) in [5.41, 5.74) is 1.96. The molecule has 1 aliphatic rings. The van der Waals surface area contributed by atoms with Gasteiger partial charge in [-0.15, -0.1) is 11.3 Å². The molecule has 2 heterocycles. The van der Waals surface area contributed by atoms with Gasteiger partial charge in [-0.25, -0.2) is 0 Å². The number of fused-ring (bicyclic) bond motifs is 1. The first-order valence-electron chi connectivity index (χ1n) is 10.5. The molecule has 2 amide bonds. The molecule has 1 aromatic heterocycles. The lowest BCUT2D eigenvalue weighted by molar-refractivity contribution is -0.145. The van der Waals surface area contributed by atoms with Crippen LogP contribution in [0.4, 0.5) is 0 Å². The van der Waals surface area contributed by atoms with Gasteiger partial charge in [0.1, 0.15) is 6.54 Å². The molecule has 3 rings (SSSR count). The van der Waals surface area contributed by atoms with Crippen LogP contribution >= 0.6 is 11.3 Å². The Labute approximate surface area is 178 Å². The van der Waals surface area contributed by atoms with Gasteiger partial charge in [0.05, 0.1) is 6.04 Å². The molecule has 0 N–H and O–H groups in total. The molecule has 1 aliphatic heterocycles. The molecule has 0 unspecified atom stereocenters. The van der Waals surface area contributed by atoms with Crippen molar-refractivity contribution in [1.29, 1.82) is 0 Å². The molecule has 5 heteroatoms. The van der Waals surface area contributed by atoms with Crippen LogP contribution in [0, 0.1) is 0 Å². The Balaban J connectivity index is 1.87. The zero-order chi connectivity index (χ0) is 21.0. The minimum Gasteiger partial charge on any atom is -0.330 e. The fourth-order valence-corrected chi connectivity index (χ4v) is 4.87. The summed E-state index contributed by atoms with van der Waals surface area (Å²) in [6, 6.07) is 12.3. The second-order valence-electron chi connectivity index (χ2n) is 8.70. The van der Waals surface area contributed by atoms with E-state index in [4.69, 9.17) is 0 Å². The molecule has 0 aliphatic carbocycles. The Morgan fingerprint density at radius 3 is 2.55 bits per heavy atom. The van der Waals surface area contributed by atoms with E-state index < -0.39 is 0 Å². The van der Waals surface area contributed by atoms with Gasteiger partial charge in [-0.3, -0.25) is 9.59 Å². The van der Waals surface area contributed by atoms with Crippen molar-refractivity contribution < 1.29 is 9.59 Å². The van der Waals surface area contributed by atoms with E-state index in [1.165, 1.54) is 10.4 Å². The van der Waals surface area contributed by atoms with E-state index in [1.54, 1.807) is 16.2 Å². The van der Waals surface area contributed by atoms with E-state index >= 15 is 0 Å². The lowest BCUT2D eigenvalue weighted by Gasteiger charge is -2.40. The third-order valence-corrected chi connectivity index (χ3v) is 6.55. The summed E-state index contributed by atoms with van der Waals surface area (Å²) in [6.45, 7) is 8.92. The summed E-state index contributed by atoms with van der Waals surface area (Å²) < 4.78 is 0. The van der Waals surface area contributed by atoms with Crippen molar-refractivity contribution in [2.75, 3.05) is 13.1 Å². The van der Waals surface area contributed by atoms with Crippen molar-refractivity contribution >= 4 is 23.2 Å². The van der Waals surface area contributed by atoms with Gasteiger partial charge in [0.2, 0.25) is 11.8 Å². The van der Waals surface area contributed by atoms with Crippen LogP contribution in [-0.2, 0) is 16.0 Å². The summed E-state index contributed by atoms with van der Waals surface area (Å²) in [6.07, 6.45) is 3.20. The number of unbranched alkanes of at least 4 members (excludes halogenated alkanes) is 1. The first-order chi connectivity index (χ1) is 13.8. The number of hydrogen-bond donors (Lipinski definition) is 0. The normalized spacial score (nSPS) is 16.4. The minimum absolute atomic E-state index is 0.0236. The van der Waals surface area contributed by atoms with Crippen molar-refractivity contribution in [2.45, 2.75) is 65.0 Å². The highest BCUT2D eigenvalue weighted by Gasteiger charge is 2.35. The standard InChI is InChI=1S/C24H32N2O2S/c1-5-6-12-21(27)26(24(2,3)4)17-22(28)25-15-13-20-19(14-16-29-20)23(25)18-10-8-7-9-11-18/h7-11,14,16,23H,5-6,12-13,15,17H2,1-4H3/t23-/m0/s1. The van der Waals surface area contributed by atoms with Crippen LogP contribution in [0.2, 0.25) is 0 Å². The summed E-state index contributed by atoms with van der Waals surface area (Å²) in [5.74, 6) is 0.0904. The van der Waals surface area contributed by atoms with Gasteiger partial charge in [0, 0.05) is 23.4 Å². The molecule has 0 saturated carbocycles. The van der Waals surface area contributed by atoms with Crippen LogP contribution in [0.3, 0.4) is 0 Å². The Hall–Kier alpha value is -2.14. The average Bonchev–Trinajstić information content (AvgIpc) is 3.17. The predicted octanol–water partition coefficient (Wildman–Crippen LogP) is 5.04. The van der Waals surface area contributed by atoms with E-state index in [0.29, 0.717) is 13.0 Å². The molecule has 0 radical (unpaired) electrons. The van der Waals surface area contributed by atoms with Crippen molar-refractivity contribution in [3.63, 3.8) is 0 Å². The summed E-state index contributed by atoms with van der Waals surface area (Å²) in [5, 5.41) is 2.12. The number of rotatable bonds is 6. The highest BCUT2D eigenvalue weighted by atomic mass is 32.1. The van der Waals surface area contributed by atoms with E-state index in [-0.39, 0.29) is 29.9 Å². The fourth-order valence-electron chi connectivity index (χ4n) is 3.97. The molecule has 1 atom stereocenters. The number of amides is 2. The van der Waals surface area contributed by atoms with Crippen molar-refractivity contribution in [2.24, 2.45) is 0 Å². The molecular formula is C24H32N2O2S. The van der Waals surface area contributed by atoms with Gasteiger partial charge in [-0.2, -0.15) is 0 Å². The monoisotopic (exact) mass is 412 g/mol. The highest BCUT2D eigenvalue weighted by Crippen LogP contribution is 2.38. The molecule has 29 heavy (non-hydrogen) atoms. The van der Waals surface area contributed by atoms with Gasteiger partial charge >= 0.3 is 0 Å². The Kier molecular flexibility index (Phi) is 6.78. The second-order valence-corrected chi connectivity index (χ2v) is 9.70. The lowest BCUT2D eigenvalue weighted by Crippen LogP contribution is -2.52. The molecule has 0 bridgehead atoms.